The number of benzene rings is 2. The second kappa shape index (κ2) is 9.53. The van der Waals surface area contributed by atoms with Gasteiger partial charge in [-0.3, -0.25) is 0 Å². The van der Waals surface area contributed by atoms with Gasteiger partial charge in [0.15, 0.2) is 11.5 Å². The van der Waals surface area contributed by atoms with Crippen LogP contribution in [-0.4, -0.2) is 25.1 Å². The van der Waals surface area contributed by atoms with Gasteiger partial charge in [-0.1, -0.05) is 29.3 Å². The largest absolute Gasteiger partial charge is 0.493 e. The van der Waals surface area contributed by atoms with E-state index < -0.39 is 5.97 Å². The minimum atomic E-state index is -0.566. The number of cyclic esters (lactones) is 1. The van der Waals surface area contributed by atoms with Crippen LogP contribution in [0, 0.1) is 6.92 Å². The lowest BCUT2D eigenvalue weighted by atomic mass is 10.1. The van der Waals surface area contributed by atoms with Crippen LogP contribution in [0.25, 0.3) is 6.08 Å². The smallest absolute Gasteiger partial charge is 0.363 e. The van der Waals surface area contributed by atoms with Crippen LogP contribution in [0.5, 0.6) is 11.5 Å². The number of furan rings is 1. The molecule has 0 saturated carbocycles. The lowest BCUT2D eigenvalue weighted by Crippen LogP contribution is -2.06. The van der Waals surface area contributed by atoms with Crippen molar-refractivity contribution in [2.45, 2.75) is 13.3 Å². The van der Waals surface area contributed by atoms with Gasteiger partial charge >= 0.3 is 5.97 Å². The summed E-state index contributed by atoms with van der Waals surface area (Å²) in [6, 6.07) is 16.5. The summed E-state index contributed by atoms with van der Waals surface area (Å²) in [5.41, 5.74) is 1.95. The van der Waals surface area contributed by atoms with Gasteiger partial charge in [0.2, 0.25) is 0 Å². The van der Waals surface area contributed by atoms with Crippen molar-refractivity contribution in [3.8, 4) is 11.5 Å². The molecule has 2 heterocycles. The summed E-state index contributed by atoms with van der Waals surface area (Å²) in [4.78, 5) is 16.4. The number of carbonyl (C=O) groups excluding carboxylic acids is 1. The van der Waals surface area contributed by atoms with Crippen LogP contribution in [0.15, 0.2) is 76.0 Å². The number of hydrogen-bond acceptors (Lipinski definition) is 6. The molecule has 0 unspecified atom stereocenters. The van der Waals surface area contributed by atoms with Crippen molar-refractivity contribution in [1.29, 1.82) is 0 Å². The topological polar surface area (TPSA) is 70.3 Å². The van der Waals surface area contributed by atoms with Gasteiger partial charge in [0.25, 0.3) is 5.90 Å². The van der Waals surface area contributed by atoms with E-state index >= 15 is 0 Å². The van der Waals surface area contributed by atoms with Gasteiger partial charge in [0.1, 0.15) is 11.5 Å². The second-order valence-corrected chi connectivity index (χ2v) is 7.30. The molecule has 0 aliphatic carbocycles. The Hall–Kier alpha value is -3.51. The molecule has 6 nitrogen and oxygen atoms in total. The zero-order valence-corrected chi connectivity index (χ0v) is 17.6. The van der Waals surface area contributed by atoms with E-state index in [1.165, 1.54) is 11.8 Å². The van der Waals surface area contributed by atoms with E-state index in [0.717, 1.165) is 5.75 Å². The Morgan fingerprint density at radius 2 is 1.87 bits per heavy atom. The first-order valence-corrected chi connectivity index (χ1v) is 10.1. The molecular weight excluding hydrogens is 418 g/mol. The molecule has 1 aromatic heterocycles. The molecule has 7 heteroatoms. The van der Waals surface area contributed by atoms with Gasteiger partial charge in [-0.2, -0.15) is 0 Å². The number of halogens is 1. The fraction of sp³-hybridized carbons (Fsp3) is 0.167. The maximum absolute atomic E-state index is 12.2. The average Bonchev–Trinajstić information content (AvgIpc) is 3.41. The van der Waals surface area contributed by atoms with E-state index in [9.17, 15) is 4.79 Å². The summed E-state index contributed by atoms with van der Waals surface area (Å²) >= 11 is 6.14. The molecule has 4 rings (SSSR count). The summed E-state index contributed by atoms with van der Waals surface area (Å²) in [5, 5.41) is 0.517. The van der Waals surface area contributed by atoms with Crippen molar-refractivity contribution < 1.29 is 23.4 Å². The first-order chi connectivity index (χ1) is 15.1. The van der Waals surface area contributed by atoms with Crippen molar-refractivity contribution >= 4 is 29.5 Å². The van der Waals surface area contributed by atoms with Crippen LogP contribution in [0.1, 0.15) is 23.3 Å². The zero-order valence-electron chi connectivity index (χ0n) is 16.8. The van der Waals surface area contributed by atoms with Crippen molar-refractivity contribution in [2.75, 3.05) is 13.2 Å². The van der Waals surface area contributed by atoms with E-state index in [2.05, 4.69) is 4.99 Å². The third kappa shape index (κ3) is 5.35. The zero-order chi connectivity index (χ0) is 21.6. The second-order valence-electron chi connectivity index (χ2n) is 6.86. The molecule has 0 amide bonds. The van der Waals surface area contributed by atoms with Crippen LogP contribution >= 0.6 is 11.6 Å². The van der Waals surface area contributed by atoms with E-state index in [1.54, 1.807) is 36.4 Å². The monoisotopic (exact) mass is 437 g/mol. The number of rotatable bonds is 8. The molecule has 0 fully saturated rings. The van der Waals surface area contributed by atoms with Crippen molar-refractivity contribution in [2.24, 2.45) is 4.99 Å². The SMILES string of the molecule is Cc1ccc(OCCCOc2ccc(Cl)cc2/C=C2/N=C(c3ccco3)OC2=O)cc1. The van der Waals surface area contributed by atoms with Gasteiger partial charge < -0.3 is 18.6 Å². The molecule has 1 aliphatic heterocycles. The predicted molar refractivity (Wildman–Crippen MR) is 118 cm³/mol. The third-order valence-electron chi connectivity index (χ3n) is 4.45. The Labute approximate surface area is 184 Å². The maximum Gasteiger partial charge on any atom is 0.363 e. The number of ether oxygens (including phenoxy) is 3. The Kier molecular flexibility index (Phi) is 6.38. The molecule has 0 bridgehead atoms. The summed E-state index contributed by atoms with van der Waals surface area (Å²) in [5.74, 6) is 1.35. The Balaban J connectivity index is 1.40. The van der Waals surface area contributed by atoms with Crippen LogP contribution in [0.2, 0.25) is 5.02 Å². The number of nitrogens with zero attached hydrogens (tertiary/aromatic N) is 1. The number of carbonyl (C=O) groups is 1. The van der Waals surface area contributed by atoms with E-state index in [-0.39, 0.29) is 11.6 Å². The van der Waals surface area contributed by atoms with Gasteiger partial charge in [-0.05, 0) is 55.5 Å². The Morgan fingerprint density at radius 3 is 2.65 bits per heavy atom. The van der Waals surface area contributed by atoms with Gasteiger partial charge in [0.05, 0.1) is 19.5 Å². The molecule has 3 aromatic rings. The molecular formula is C24H20ClNO5. The molecule has 158 valence electrons. The van der Waals surface area contributed by atoms with Crippen LogP contribution in [0.4, 0.5) is 0 Å². The minimum Gasteiger partial charge on any atom is -0.493 e. The first-order valence-electron chi connectivity index (χ1n) is 9.77. The quantitative estimate of drug-likeness (QED) is 0.267. The van der Waals surface area contributed by atoms with E-state index in [4.69, 9.17) is 30.2 Å². The van der Waals surface area contributed by atoms with Crippen LogP contribution in [0.3, 0.4) is 0 Å². The first kappa shape index (κ1) is 20.8. The van der Waals surface area contributed by atoms with Gasteiger partial charge in [0, 0.05) is 17.0 Å². The number of aryl methyl sites for hydroxylation is 1. The highest BCUT2D eigenvalue weighted by Crippen LogP contribution is 2.28. The van der Waals surface area contributed by atoms with Gasteiger partial charge in [-0.25, -0.2) is 9.79 Å². The van der Waals surface area contributed by atoms with Crippen LogP contribution in [-0.2, 0) is 9.53 Å². The normalized spacial score (nSPS) is 14.5. The summed E-state index contributed by atoms with van der Waals surface area (Å²) in [6.45, 7) is 3.00. The summed E-state index contributed by atoms with van der Waals surface area (Å²) in [7, 11) is 0. The van der Waals surface area contributed by atoms with Gasteiger partial charge in [-0.15, -0.1) is 0 Å². The highest BCUT2D eigenvalue weighted by atomic mass is 35.5. The van der Waals surface area contributed by atoms with E-state index in [1.807, 2.05) is 31.2 Å². The highest BCUT2D eigenvalue weighted by molar-refractivity contribution is 6.30. The summed E-state index contributed by atoms with van der Waals surface area (Å²) in [6.07, 6.45) is 3.76. The molecule has 0 radical (unpaired) electrons. The molecule has 0 spiro atoms. The average molecular weight is 438 g/mol. The molecule has 1 aliphatic rings. The lowest BCUT2D eigenvalue weighted by Gasteiger charge is -2.11. The molecule has 0 saturated heterocycles. The molecule has 2 aromatic carbocycles. The van der Waals surface area contributed by atoms with Crippen LogP contribution < -0.4 is 9.47 Å². The standard InChI is InChI=1S/C24H20ClNO5/c1-16-5-8-19(9-6-16)28-12-3-13-29-21-10-7-18(25)14-17(21)15-20-24(27)31-23(26-20)22-4-2-11-30-22/h2,4-11,14-15H,3,12-13H2,1H3/b20-15+. The molecule has 0 N–H and O–H groups in total. The summed E-state index contributed by atoms with van der Waals surface area (Å²) < 4.78 is 22.0. The maximum atomic E-state index is 12.2. The predicted octanol–water partition coefficient (Wildman–Crippen LogP) is 5.43. The highest BCUT2D eigenvalue weighted by Gasteiger charge is 2.26. The molecule has 31 heavy (non-hydrogen) atoms. The lowest BCUT2D eigenvalue weighted by molar-refractivity contribution is -0.130. The minimum absolute atomic E-state index is 0.124. The Morgan fingerprint density at radius 1 is 1.06 bits per heavy atom. The molecule has 0 atom stereocenters. The van der Waals surface area contributed by atoms with E-state index in [0.29, 0.717) is 41.7 Å². The number of esters is 1. The van der Waals surface area contributed by atoms with Crippen molar-refractivity contribution in [3.63, 3.8) is 0 Å². The number of hydrogen-bond donors (Lipinski definition) is 0. The third-order valence-corrected chi connectivity index (χ3v) is 4.69. The Bertz CT molecular complexity index is 1120. The van der Waals surface area contributed by atoms with Crippen molar-refractivity contribution in [3.05, 3.63) is 88.5 Å². The number of aliphatic imine (C=N–C) groups is 1. The van der Waals surface area contributed by atoms with Crippen molar-refractivity contribution in [1.82, 2.24) is 0 Å². The fourth-order valence-corrected chi connectivity index (χ4v) is 3.07. The fourth-order valence-electron chi connectivity index (χ4n) is 2.89.